The maximum absolute atomic E-state index is 12.6. The van der Waals surface area contributed by atoms with Crippen LogP contribution in [0.3, 0.4) is 0 Å². The van der Waals surface area contributed by atoms with E-state index in [1.54, 1.807) is 0 Å². The number of rotatable bonds is 9. The molecule has 3 rings (SSSR count). The summed E-state index contributed by atoms with van der Waals surface area (Å²) in [4.78, 5) is 29.2. The Hall–Kier alpha value is -1.92. The molecule has 1 aromatic rings. The van der Waals surface area contributed by atoms with Gasteiger partial charge in [-0.2, -0.15) is 0 Å². The molecular formula is C22H33N3O3. The molecule has 28 heavy (non-hydrogen) atoms. The van der Waals surface area contributed by atoms with Gasteiger partial charge in [0, 0.05) is 50.9 Å². The molecular weight excluding hydrogens is 354 g/mol. The van der Waals surface area contributed by atoms with Crippen molar-refractivity contribution in [1.29, 1.82) is 0 Å². The van der Waals surface area contributed by atoms with Gasteiger partial charge < -0.3 is 19.9 Å². The largest absolute Gasteiger partial charge is 0.382 e. The Morgan fingerprint density at radius 3 is 2.75 bits per heavy atom. The molecule has 0 radical (unpaired) electrons. The molecule has 0 bridgehead atoms. The number of likely N-dealkylation sites (tertiary alicyclic amines) is 1. The molecule has 1 saturated heterocycles. The van der Waals surface area contributed by atoms with E-state index in [2.05, 4.69) is 16.3 Å². The minimum absolute atomic E-state index is 0.101. The molecule has 0 atom stereocenters. The van der Waals surface area contributed by atoms with Crippen molar-refractivity contribution in [3.8, 4) is 0 Å². The zero-order valence-electron chi connectivity index (χ0n) is 17.0. The number of piperidine rings is 1. The van der Waals surface area contributed by atoms with Crippen LogP contribution in [0.25, 0.3) is 0 Å². The minimum Gasteiger partial charge on any atom is -0.382 e. The number of amides is 2. The molecule has 0 spiro atoms. The fourth-order valence-corrected chi connectivity index (χ4v) is 4.08. The normalized spacial score (nSPS) is 17.5. The van der Waals surface area contributed by atoms with Crippen molar-refractivity contribution >= 4 is 17.5 Å². The molecule has 2 amide bonds. The lowest BCUT2D eigenvalue weighted by Crippen LogP contribution is -2.42. The molecule has 154 valence electrons. The lowest BCUT2D eigenvalue weighted by Gasteiger charge is -2.31. The highest BCUT2D eigenvalue weighted by atomic mass is 16.5. The average Bonchev–Trinajstić information content (AvgIpc) is 3.16. The highest BCUT2D eigenvalue weighted by Crippen LogP contribution is 2.28. The molecule has 0 aliphatic carbocycles. The van der Waals surface area contributed by atoms with Gasteiger partial charge in [0.2, 0.25) is 11.8 Å². The maximum Gasteiger partial charge on any atom is 0.228 e. The molecule has 1 fully saturated rings. The summed E-state index contributed by atoms with van der Waals surface area (Å²) in [6.07, 6.45) is 4.10. The zero-order chi connectivity index (χ0) is 19.8. The molecule has 2 aliphatic heterocycles. The molecule has 0 aromatic heterocycles. The second-order valence-electron chi connectivity index (χ2n) is 7.63. The van der Waals surface area contributed by atoms with E-state index in [0.29, 0.717) is 19.6 Å². The number of para-hydroxylation sites is 1. The van der Waals surface area contributed by atoms with Crippen LogP contribution in [-0.4, -0.2) is 62.7 Å². The van der Waals surface area contributed by atoms with Crippen LogP contribution in [0.4, 0.5) is 5.69 Å². The lowest BCUT2D eigenvalue weighted by molar-refractivity contribution is -0.126. The second kappa shape index (κ2) is 10.6. The van der Waals surface area contributed by atoms with Gasteiger partial charge in [0.05, 0.1) is 0 Å². The Labute approximate surface area is 168 Å². The topological polar surface area (TPSA) is 61.9 Å². The van der Waals surface area contributed by atoms with Crippen molar-refractivity contribution in [1.82, 2.24) is 10.2 Å². The molecule has 1 N–H and O–H groups in total. The number of carbonyl (C=O) groups is 2. The van der Waals surface area contributed by atoms with Crippen molar-refractivity contribution in [3.63, 3.8) is 0 Å². The summed E-state index contributed by atoms with van der Waals surface area (Å²) in [5.41, 5.74) is 2.34. The van der Waals surface area contributed by atoms with Gasteiger partial charge in [0.25, 0.3) is 0 Å². The van der Waals surface area contributed by atoms with Gasteiger partial charge in [-0.15, -0.1) is 0 Å². The van der Waals surface area contributed by atoms with Gasteiger partial charge in [0.1, 0.15) is 0 Å². The predicted molar refractivity (Wildman–Crippen MR) is 110 cm³/mol. The summed E-state index contributed by atoms with van der Waals surface area (Å²) in [5, 5.41) is 3.02. The molecule has 2 aliphatic rings. The quantitative estimate of drug-likeness (QED) is 0.660. The molecule has 2 heterocycles. The van der Waals surface area contributed by atoms with Crippen LogP contribution >= 0.6 is 0 Å². The maximum atomic E-state index is 12.6. The van der Waals surface area contributed by atoms with E-state index < -0.39 is 0 Å². The van der Waals surface area contributed by atoms with Gasteiger partial charge in [-0.05, 0) is 57.3 Å². The number of nitrogens with zero attached hydrogens (tertiary/aromatic N) is 2. The monoisotopic (exact) mass is 387 g/mol. The van der Waals surface area contributed by atoms with Crippen molar-refractivity contribution in [2.75, 3.05) is 50.8 Å². The van der Waals surface area contributed by atoms with Gasteiger partial charge in [0.15, 0.2) is 0 Å². The standard InChI is InChI=1S/C22H33N3O3/c1-2-28-17-5-12-23-22(27)19-8-13-24(14-9-19)15-11-21(26)25-16-10-18-6-3-4-7-20(18)25/h3-4,6-7,19H,2,5,8-17H2,1H3,(H,23,27). The fourth-order valence-electron chi connectivity index (χ4n) is 4.08. The third kappa shape index (κ3) is 5.55. The van der Waals surface area contributed by atoms with E-state index in [-0.39, 0.29) is 17.7 Å². The summed E-state index contributed by atoms with van der Waals surface area (Å²) in [7, 11) is 0. The third-order valence-corrected chi connectivity index (χ3v) is 5.76. The molecule has 0 saturated carbocycles. The smallest absolute Gasteiger partial charge is 0.228 e. The van der Waals surface area contributed by atoms with Crippen LogP contribution < -0.4 is 10.2 Å². The van der Waals surface area contributed by atoms with E-state index in [1.165, 1.54) is 5.56 Å². The minimum atomic E-state index is 0.101. The fraction of sp³-hybridized carbons (Fsp3) is 0.636. The first kappa shape index (κ1) is 20.8. The number of fused-ring (bicyclic) bond motifs is 1. The van der Waals surface area contributed by atoms with E-state index in [1.807, 2.05) is 30.0 Å². The van der Waals surface area contributed by atoms with Gasteiger partial charge in [-0.3, -0.25) is 9.59 Å². The summed E-state index contributed by atoms with van der Waals surface area (Å²) in [6, 6.07) is 8.18. The van der Waals surface area contributed by atoms with E-state index >= 15 is 0 Å². The number of ether oxygens (including phenoxy) is 1. The van der Waals surface area contributed by atoms with Crippen LogP contribution in [0.5, 0.6) is 0 Å². The Bertz CT molecular complexity index is 656. The Kier molecular flexibility index (Phi) is 7.86. The van der Waals surface area contributed by atoms with Crippen LogP contribution in [-0.2, 0) is 20.7 Å². The molecule has 6 nitrogen and oxygen atoms in total. The Balaban J connectivity index is 1.34. The predicted octanol–water partition coefficient (Wildman–Crippen LogP) is 2.22. The SMILES string of the molecule is CCOCCCNC(=O)C1CCN(CCC(=O)N2CCc3ccccc32)CC1. The lowest BCUT2D eigenvalue weighted by atomic mass is 9.95. The van der Waals surface area contributed by atoms with Crippen molar-refractivity contribution in [2.24, 2.45) is 5.92 Å². The van der Waals surface area contributed by atoms with Crippen LogP contribution in [0, 0.1) is 5.92 Å². The first-order valence-corrected chi connectivity index (χ1v) is 10.6. The van der Waals surface area contributed by atoms with E-state index in [0.717, 1.165) is 64.2 Å². The zero-order valence-corrected chi connectivity index (χ0v) is 17.0. The first-order valence-electron chi connectivity index (χ1n) is 10.6. The number of carbonyl (C=O) groups excluding carboxylic acids is 2. The van der Waals surface area contributed by atoms with E-state index in [9.17, 15) is 9.59 Å². The number of nitrogens with one attached hydrogen (secondary N) is 1. The Morgan fingerprint density at radius 1 is 1.18 bits per heavy atom. The van der Waals surface area contributed by atoms with Crippen molar-refractivity contribution in [2.45, 2.75) is 39.0 Å². The average molecular weight is 388 g/mol. The van der Waals surface area contributed by atoms with Gasteiger partial charge in [-0.25, -0.2) is 0 Å². The number of benzene rings is 1. The van der Waals surface area contributed by atoms with Crippen molar-refractivity contribution in [3.05, 3.63) is 29.8 Å². The Morgan fingerprint density at radius 2 is 1.96 bits per heavy atom. The van der Waals surface area contributed by atoms with Crippen molar-refractivity contribution < 1.29 is 14.3 Å². The summed E-state index contributed by atoms with van der Waals surface area (Å²) in [6.45, 7) is 7.43. The molecule has 1 aromatic carbocycles. The van der Waals surface area contributed by atoms with Gasteiger partial charge >= 0.3 is 0 Å². The highest BCUT2D eigenvalue weighted by molar-refractivity contribution is 5.95. The molecule has 6 heteroatoms. The first-order chi connectivity index (χ1) is 13.7. The van der Waals surface area contributed by atoms with Crippen LogP contribution in [0.1, 0.15) is 38.2 Å². The highest BCUT2D eigenvalue weighted by Gasteiger charge is 2.27. The van der Waals surface area contributed by atoms with Gasteiger partial charge in [-0.1, -0.05) is 18.2 Å². The number of anilines is 1. The summed E-state index contributed by atoms with van der Waals surface area (Å²) in [5.74, 6) is 0.476. The van der Waals surface area contributed by atoms with E-state index in [4.69, 9.17) is 4.74 Å². The third-order valence-electron chi connectivity index (χ3n) is 5.76. The number of hydrogen-bond donors (Lipinski definition) is 1. The second-order valence-corrected chi connectivity index (χ2v) is 7.63. The number of hydrogen-bond acceptors (Lipinski definition) is 4. The van der Waals surface area contributed by atoms with Crippen LogP contribution in [0.15, 0.2) is 24.3 Å². The van der Waals surface area contributed by atoms with Crippen LogP contribution in [0.2, 0.25) is 0 Å². The summed E-state index contributed by atoms with van der Waals surface area (Å²) >= 11 is 0. The molecule has 0 unspecified atom stereocenters. The summed E-state index contributed by atoms with van der Waals surface area (Å²) < 4.78 is 5.29.